The van der Waals surface area contributed by atoms with E-state index in [9.17, 15) is 14.9 Å². The van der Waals surface area contributed by atoms with Crippen LogP contribution in [0.5, 0.6) is 0 Å². The van der Waals surface area contributed by atoms with Gasteiger partial charge in [0.25, 0.3) is 5.91 Å². The molecule has 0 saturated carbocycles. The molecule has 1 amide bonds. The fourth-order valence-electron chi connectivity index (χ4n) is 2.03. The summed E-state index contributed by atoms with van der Waals surface area (Å²) >= 11 is 1.66. The molecule has 0 atom stereocenters. The molecular weight excluding hydrogens is 342 g/mol. The summed E-state index contributed by atoms with van der Waals surface area (Å²) in [5.74, 6) is -0.312. The van der Waals surface area contributed by atoms with Crippen molar-refractivity contribution in [3.63, 3.8) is 0 Å². The van der Waals surface area contributed by atoms with Crippen molar-refractivity contribution in [2.45, 2.75) is 10.6 Å². The zero-order chi connectivity index (χ0) is 17.6. The predicted molar refractivity (Wildman–Crippen MR) is 93.6 cm³/mol. The van der Waals surface area contributed by atoms with E-state index in [1.54, 1.807) is 30.1 Å². The lowest BCUT2D eigenvalue weighted by atomic mass is 10.3. The van der Waals surface area contributed by atoms with E-state index in [1.807, 2.05) is 30.5 Å². The molecule has 0 radical (unpaired) electrons. The lowest BCUT2D eigenvalue weighted by Gasteiger charge is -2.05. The molecular formula is C17H13N3O4S. The molecule has 0 spiro atoms. The van der Waals surface area contributed by atoms with Gasteiger partial charge in [0.15, 0.2) is 5.76 Å². The maximum absolute atomic E-state index is 12.0. The maximum Gasteiger partial charge on any atom is 0.433 e. The minimum atomic E-state index is -0.689. The summed E-state index contributed by atoms with van der Waals surface area (Å²) in [4.78, 5) is 27.0. The predicted octanol–water partition coefficient (Wildman–Crippen LogP) is 4.13. The first-order valence-electron chi connectivity index (χ1n) is 7.29. The Balaban J connectivity index is 1.58. The molecule has 3 rings (SSSR count). The largest absolute Gasteiger partial charge is 0.433 e. The first-order valence-corrected chi connectivity index (χ1v) is 8.28. The third kappa shape index (κ3) is 4.45. The molecule has 0 aliphatic carbocycles. The van der Waals surface area contributed by atoms with Crippen LogP contribution in [0.2, 0.25) is 0 Å². The normalized spacial score (nSPS) is 10.4. The summed E-state index contributed by atoms with van der Waals surface area (Å²) in [6.45, 7) is 0. The molecule has 1 N–H and O–H groups in total. The number of furan rings is 1. The smallest absolute Gasteiger partial charge is 0.395 e. The number of nitrogens with one attached hydrogen (secondary N) is 1. The second-order valence-electron chi connectivity index (χ2n) is 5.02. The summed E-state index contributed by atoms with van der Waals surface area (Å²) < 4.78 is 4.87. The van der Waals surface area contributed by atoms with Crippen molar-refractivity contribution in [2.75, 3.05) is 5.32 Å². The van der Waals surface area contributed by atoms with Gasteiger partial charge < -0.3 is 9.73 Å². The van der Waals surface area contributed by atoms with Crippen molar-refractivity contribution < 1.29 is 14.1 Å². The van der Waals surface area contributed by atoms with Crippen LogP contribution < -0.4 is 5.32 Å². The molecule has 0 saturated heterocycles. The van der Waals surface area contributed by atoms with E-state index in [1.165, 1.54) is 6.07 Å². The van der Waals surface area contributed by atoms with Crippen molar-refractivity contribution in [1.29, 1.82) is 0 Å². The second-order valence-corrected chi connectivity index (χ2v) is 6.07. The Morgan fingerprint density at radius 2 is 2.00 bits per heavy atom. The summed E-state index contributed by atoms with van der Waals surface area (Å²) in [5, 5.41) is 13.2. The maximum atomic E-state index is 12.0. The number of amides is 1. The van der Waals surface area contributed by atoms with E-state index in [0.717, 1.165) is 22.3 Å². The fourth-order valence-corrected chi connectivity index (χ4v) is 2.86. The van der Waals surface area contributed by atoms with Crippen LogP contribution in [0.1, 0.15) is 16.1 Å². The molecule has 0 unspecified atom stereocenters. The molecule has 2 heterocycles. The molecule has 2 aromatic heterocycles. The van der Waals surface area contributed by atoms with E-state index in [0.29, 0.717) is 5.69 Å². The monoisotopic (exact) mass is 355 g/mol. The van der Waals surface area contributed by atoms with Crippen LogP contribution in [0.15, 0.2) is 70.2 Å². The highest BCUT2D eigenvalue weighted by Crippen LogP contribution is 2.24. The van der Waals surface area contributed by atoms with Gasteiger partial charge in [-0.25, -0.2) is 0 Å². The number of nitro groups is 1. The van der Waals surface area contributed by atoms with Crippen molar-refractivity contribution in [2.24, 2.45) is 0 Å². The third-order valence-electron chi connectivity index (χ3n) is 3.24. The number of pyridine rings is 1. The molecule has 3 aromatic rings. The highest BCUT2D eigenvalue weighted by Gasteiger charge is 2.17. The Hall–Kier alpha value is -3.13. The average molecular weight is 355 g/mol. The molecule has 0 aliphatic rings. The van der Waals surface area contributed by atoms with Crippen LogP contribution >= 0.6 is 11.8 Å². The van der Waals surface area contributed by atoms with Gasteiger partial charge in [0.2, 0.25) is 0 Å². The molecule has 0 aliphatic heterocycles. The van der Waals surface area contributed by atoms with Crippen LogP contribution in [0, 0.1) is 10.1 Å². The van der Waals surface area contributed by atoms with Crippen LogP contribution in [-0.2, 0) is 5.75 Å². The highest BCUT2D eigenvalue weighted by atomic mass is 32.2. The van der Waals surface area contributed by atoms with Gasteiger partial charge in [-0.05, 0) is 42.0 Å². The van der Waals surface area contributed by atoms with Crippen molar-refractivity contribution in [1.82, 2.24) is 4.98 Å². The summed E-state index contributed by atoms with van der Waals surface area (Å²) in [6.07, 6.45) is 3.56. The van der Waals surface area contributed by atoms with Gasteiger partial charge in [0, 0.05) is 28.7 Å². The molecule has 0 fully saturated rings. The van der Waals surface area contributed by atoms with Crippen molar-refractivity contribution in [3.05, 3.63) is 82.4 Å². The lowest BCUT2D eigenvalue weighted by molar-refractivity contribution is -0.402. The number of hydrogen-bond donors (Lipinski definition) is 1. The number of benzene rings is 1. The van der Waals surface area contributed by atoms with Crippen LogP contribution in [-0.4, -0.2) is 15.8 Å². The number of anilines is 1. The molecule has 25 heavy (non-hydrogen) atoms. The quantitative estimate of drug-likeness (QED) is 0.405. The number of hydrogen-bond acceptors (Lipinski definition) is 6. The zero-order valence-corrected chi connectivity index (χ0v) is 13.7. The van der Waals surface area contributed by atoms with E-state index < -0.39 is 16.7 Å². The van der Waals surface area contributed by atoms with Gasteiger partial charge in [0.1, 0.15) is 4.92 Å². The van der Waals surface area contributed by atoms with Gasteiger partial charge in [0.05, 0.1) is 6.07 Å². The molecule has 7 nitrogen and oxygen atoms in total. The second kappa shape index (κ2) is 7.63. The first kappa shape index (κ1) is 16.7. The molecule has 1 aromatic carbocycles. The number of carbonyl (C=O) groups excluding carboxylic acids is 1. The van der Waals surface area contributed by atoms with E-state index in [4.69, 9.17) is 4.42 Å². The van der Waals surface area contributed by atoms with Crippen LogP contribution in [0.3, 0.4) is 0 Å². The van der Waals surface area contributed by atoms with Crippen molar-refractivity contribution >= 4 is 29.2 Å². The Morgan fingerprint density at radius 3 is 2.64 bits per heavy atom. The molecule has 126 valence electrons. The summed E-state index contributed by atoms with van der Waals surface area (Å²) in [5.41, 5.74) is 1.71. The fraction of sp³-hybridized carbons (Fsp3) is 0.0588. The zero-order valence-electron chi connectivity index (χ0n) is 12.9. The SMILES string of the molecule is O=C(Nc1ccc(SCc2cccnc2)cc1)c1ccc([N+](=O)[O-])o1. The Labute approximate surface area is 147 Å². The number of nitrogens with zero attached hydrogens (tertiary/aromatic N) is 2. The first-order chi connectivity index (χ1) is 12.1. The Kier molecular flexibility index (Phi) is 5.10. The van der Waals surface area contributed by atoms with E-state index in [2.05, 4.69) is 10.3 Å². The van der Waals surface area contributed by atoms with Crippen LogP contribution in [0.25, 0.3) is 0 Å². The van der Waals surface area contributed by atoms with Crippen LogP contribution in [0.4, 0.5) is 11.6 Å². The van der Waals surface area contributed by atoms with Gasteiger partial charge >= 0.3 is 5.88 Å². The number of thioether (sulfide) groups is 1. The molecule has 8 heteroatoms. The highest BCUT2D eigenvalue weighted by molar-refractivity contribution is 7.98. The van der Waals surface area contributed by atoms with Crippen molar-refractivity contribution in [3.8, 4) is 0 Å². The van der Waals surface area contributed by atoms with Gasteiger partial charge in [-0.3, -0.25) is 19.9 Å². The minimum Gasteiger partial charge on any atom is -0.395 e. The third-order valence-corrected chi connectivity index (χ3v) is 4.32. The van der Waals surface area contributed by atoms with Gasteiger partial charge in [-0.15, -0.1) is 11.8 Å². The molecule has 0 bridgehead atoms. The Bertz CT molecular complexity index is 878. The standard InChI is InChI=1S/C17H13N3O4S/c21-17(15-7-8-16(24-15)20(22)23)19-13-3-5-14(6-4-13)25-11-12-2-1-9-18-10-12/h1-10H,11H2,(H,19,21). The Morgan fingerprint density at radius 1 is 1.20 bits per heavy atom. The topological polar surface area (TPSA) is 98.3 Å². The number of rotatable bonds is 6. The van der Waals surface area contributed by atoms with Gasteiger partial charge in [-0.2, -0.15) is 0 Å². The lowest BCUT2D eigenvalue weighted by Crippen LogP contribution is -2.10. The summed E-state index contributed by atoms with van der Waals surface area (Å²) in [7, 11) is 0. The number of carbonyl (C=O) groups is 1. The average Bonchev–Trinajstić information content (AvgIpc) is 3.13. The number of aromatic nitrogens is 1. The van der Waals surface area contributed by atoms with E-state index in [-0.39, 0.29) is 5.76 Å². The summed E-state index contributed by atoms with van der Waals surface area (Å²) in [6, 6.07) is 13.6. The minimum absolute atomic E-state index is 0.110. The van der Waals surface area contributed by atoms with Gasteiger partial charge in [-0.1, -0.05) is 6.07 Å². The van der Waals surface area contributed by atoms with E-state index >= 15 is 0 Å².